The smallest absolute Gasteiger partial charge is 0.273 e. The fraction of sp³-hybridized carbons (Fsp3) is 0.308. The maximum absolute atomic E-state index is 13.7. The zero-order valence-electron chi connectivity index (χ0n) is 18.2. The first-order valence-corrected chi connectivity index (χ1v) is 12.9. The summed E-state index contributed by atoms with van der Waals surface area (Å²) in [6.45, 7) is -0.465. The molecule has 4 aliphatic carbocycles. The molecular weight excluding hydrogens is 555 g/mol. The standard InChI is InChI=1S/C26H19BrCl2N2O4/c27-14-4-1-12(2-5-14)21(32)11-30(24(33)13-3-8-19(28)20(29)9-13)31-25(34)22-15-6-7-16(18-10-17(15)18)23(22)26(31)35/h1-9,15-18,22-23H,10-11H2/t15-,16-,17-,18-,22-,23+/m0/s1. The molecule has 3 fully saturated rings. The molecule has 7 rings (SSSR count). The van der Waals surface area contributed by atoms with Crippen LogP contribution < -0.4 is 0 Å². The zero-order chi connectivity index (χ0) is 24.6. The quantitative estimate of drug-likeness (QED) is 0.285. The number of amides is 3. The minimum absolute atomic E-state index is 0.000512. The Bertz CT molecular complexity index is 1290. The van der Waals surface area contributed by atoms with Crippen molar-refractivity contribution in [2.45, 2.75) is 6.42 Å². The average molecular weight is 574 g/mol. The second-order valence-electron chi connectivity index (χ2n) is 9.56. The Hall–Kier alpha value is -2.48. The number of ketones is 1. The predicted octanol–water partition coefficient (Wildman–Crippen LogP) is 5.05. The molecule has 2 bridgehead atoms. The highest BCUT2D eigenvalue weighted by atomic mass is 79.9. The fourth-order valence-electron chi connectivity index (χ4n) is 6.05. The molecule has 0 radical (unpaired) electrons. The molecule has 1 saturated heterocycles. The number of hydrogen-bond acceptors (Lipinski definition) is 4. The minimum atomic E-state index is -0.667. The van der Waals surface area contributed by atoms with Crippen molar-refractivity contribution in [2.24, 2.45) is 35.5 Å². The Morgan fingerprint density at radius 1 is 0.886 bits per heavy atom. The SMILES string of the molecule is O=C(CN(C(=O)c1ccc(Cl)c(Cl)c1)N1C(=O)[C@@H]2[C@H]3C=C[C@@H]([C@@H]4C[C@@H]34)[C@@H]2C1=O)c1ccc(Br)cc1. The number of rotatable bonds is 5. The van der Waals surface area contributed by atoms with Crippen LogP contribution in [0.15, 0.2) is 59.1 Å². The molecule has 6 atom stereocenters. The molecule has 0 spiro atoms. The van der Waals surface area contributed by atoms with E-state index in [4.69, 9.17) is 23.2 Å². The molecule has 1 heterocycles. The van der Waals surface area contributed by atoms with Gasteiger partial charge in [-0.2, -0.15) is 5.01 Å². The zero-order valence-corrected chi connectivity index (χ0v) is 21.3. The molecule has 0 aromatic heterocycles. The van der Waals surface area contributed by atoms with Gasteiger partial charge >= 0.3 is 0 Å². The largest absolute Gasteiger partial charge is 0.292 e. The summed E-state index contributed by atoms with van der Waals surface area (Å²) in [6.07, 6.45) is 5.16. The van der Waals surface area contributed by atoms with Gasteiger partial charge in [0.1, 0.15) is 6.54 Å². The van der Waals surface area contributed by atoms with Gasteiger partial charge in [0.2, 0.25) is 0 Å². The summed E-state index contributed by atoms with van der Waals surface area (Å²) in [4.78, 5) is 54.2. The third-order valence-corrected chi connectivity index (χ3v) is 9.01. The van der Waals surface area contributed by atoms with Gasteiger partial charge in [0.15, 0.2) is 5.78 Å². The molecule has 2 saturated carbocycles. The molecule has 2 aromatic rings. The predicted molar refractivity (Wildman–Crippen MR) is 133 cm³/mol. The second kappa shape index (κ2) is 8.29. The van der Waals surface area contributed by atoms with Crippen molar-refractivity contribution in [2.75, 3.05) is 6.54 Å². The third-order valence-electron chi connectivity index (χ3n) is 7.74. The molecule has 35 heavy (non-hydrogen) atoms. The number of allylic oxidation sites excluding steroid dienone is 2. The molecule has 0 unspecified atom stereocenters. The number of halogens is 3. The summed E-state index contributed by atoms with van der Waals surface area (Å²) in [7, 11) is 0. The molecule has 0 N–H and O–H groups in total. The molecule has 1 aliphatic heterocycles. The Labute approximate surface area is 219 Å². The van der Waals surface area contributed by atoms with Crippen LogP contribution in [0.5, 0.6) is 0 Å². The highest BCUT2D eigenvalue weighted by Crippen LogP contribution is 2.65. The lowest BCUT2D eigenvalue weighted by Gasteiger charge is -2.37. The van der Waals surface area contributed by atoms with E-state index in [9.17, 15) is 19.2 Å². The summed E-state index contributed by atoms with van der Waals surface area (Å²) >= 11 is 15.5. The molecule has 2 aromatic carbocycles. The van der Waals surface area contributed by atoms with Gasteiger partial charge in [-0.1, -0.05) is 63.4 Å². The number of Topliss-reactive ketones (excluding diaryl/α,β-unsaturated/α-hetero) is 1. The van der Waals surface area contributed by atoms with Crippen LogP contribution in [0.1, 0.15) is 27.1 Å². The Morgan fingerprint density at radius 2 is 1.46 bits per heavy atom. The number of carbonyl (C=O) groups excluding carboxylic acids is 4. The lowest BCUT2D eigenvalue weighted by atomic mass is 9.63. The maximum atomic E-state index is 13.7. The normalized spacial score (nSPS) is 29.7. The maximum Gasteiger partial charge on any atom is 0.273 e. The number of carbonyl (C=O) groups is 4. The van der Waals surface area contributed by atoms with E-state index in [1.54, 1.807) is 24.3 Å². The van der Waals surface area contributed by atoms with Crippen molar-refractivity contribution in [1.82, 2.24) is 10.0 Å². The first-order chi connectivity index (χ1) is 16.8. The van der Waals surface area contributed by atoms with Crippen LogP contribution in [0.25, 0.3) is 0 Å². The highest BCUT2D eigenvalue weighted by molar-refractivity contribution is 9.10. The fourth-order valence-corrected chi connectivity index (χ4v) is 6.62. The monoisotopic (exact) mass is 572 g/mol. The van der Waals surface area contributed by atoms with Crippen molar-refractivity contribution >= 4 is 62.6 Å². The van der Waals surface area contributed by atoms with Crippen LogP contribution in [-0.4, -0.2) is 40.1 Å². The van der Waals surface area contributed by atoms with Gasteiger partial charge in [0.25, 0.3) is 17.7 Å². The van der Waals surface area contributed by atoms with Gasteiger partial charge in [0.05, 0.1) is 21.9 Å². The highest BCUT2D eigenvalue weighted by Gasteiger charge is 2.68. The molecule has 9 heteroatoms. The molecule has 6 nitrogen and oxygen atoms in total. The van der Waals surface area contributed by atoms with Crippen molar-refractivity contribution in [3.63, 3.8) is 0 Å². The van der Waals surface area contributed by atoms with Gasteiger partial charge in [-0.05, 0) is 60.4 Å². The van der Waals surface area contributed by atoms with Crippen molar-refractivity contribution < 1.29 is 19.2 Å². The number of nitrogens with zero attached hydrogens (tertiary/aromatic N) is 2. The van der Waals surface area contributed by atoms with Gasteiger partial charge in [0, 0.05) is 15.6 Å². The Kier molecular flexibility index (Phi) is 5.43. The average Bonchev–Trinajstić information content (AvgIpc) is 3.63. The van der Waals surface area contributed by atoms with E-state index < -0.39 is 41.9 Å². The van der Waals surface area contributed by atoms with Gasteiger partial charge in [-0.25, -0.2) is 5.01 Å². The lowest BCUT2D eigenvalue weighted by Crippen LogP contribution is -2.52. The van der Waals surface area contributed by atoms with Crippen molar-refractivity contribution in [1.29, 1.82) is 0 Å². The van der Waals surface area contributed by atoms with Gasteiger partial charge in [-0.3, -0.25) is 19.2 Å². The summed E-state index contributed by atoms with van der Waals surface area (Å²) in [5.74, 6) is -2.03. The van der Waals surface area contributed by atoms with E-state index in [1.807, 2.05) is 0 Å². The Morgan fingerprint density at radius 3 is 2.03 bits per heavy atom. The number of hydrazine groups is 1. The van der Waals surface area contributed by atoms with Crippen LogP contribution in [-0.2, 0) is 9.59 Å². The van der Waals surface area contributed by atoms with E-state index in [0.29, 0.717) is 17.4 Å². The topological polar surface area (TPSA) is 74.8 Å². The number of hydrogen-bond donors (Lipinski definition) is 0. The first-order valence-electron chi connectivity index (χ1n) is 11.4. The van der Waals surface area contributed by atoms with Crippen LogP contribution in [0.4, 0.5) is 0 Å². The molecule has 3 amide bonds. The summed E-state index contributed by atoms with van der Waals surface area (Å²) in [5, 5.41) is 2.33. The van der Waals surface area contributed by atoms with Crippen molar-refractivity contribution in [3.05, 3.63) is 80.3 Å². The van der Waals surface area contributed by atoms with E-state index in [1.165, 1.54) is 18.2 Å². The van der Waals surface area contributed by atoms with Gasteiger partial charge < -0.3 is 0 Å². The Balaban J connectivity index is 1.37. The van der Waals surface area contributed by atoms with E-state index in [0.717, 1.165) is 20.9 Å². The van der Waals surface area contributed by atoms with Crippen LogP contribution in [0, 0.1) is 35.5 Å². The van der Waals surface area contributed by atoms with E-state index in [-0.39, 0.29) is 27.4 Å². The van der Waals surface area contributed by atoms with E-state index >= 15 is 0 Å². The summed E-state index contributed by atoms with van der Waals surface area (Å²) < 4.78 is 0.799. The molecule has 5 aliphatic rings. The summed E-state index contributed by atoms with van der Waals surface area (Å²) in [6, 6.07) is 11.0. The minimum Gasteiger partial charge on any atom is -0.292 e. The molecular formula is C26H19BrCl2N2O4. The molecule has 178 valence electrons. The number of imide groups is 1. The van der Waals surface area contributed by atoms with Crippen molar-refractivity contribution in [3.8, 4) is 0 Å². The van der Waals surface area contributed by atoms with Crippen LogP contribution >= 0.6 is 39.1 Å². The van der Waals surface area contributed by atoms with Gasteiger partial charge in [-0.15, -0.1) is 0 Å². The number of benzene rings is 2. The van der Waals surface area contributed by atoms with Crippen LogP contribution in [0.3, 0.4) is 0 Å². The van der Waals surface area contributed by atoms with Crippen LogP contribution in [0.2, 0.25) is 10.0 Å². The summed E-state index contributed by atoms with van der Waals surface area (Å²) in [5.41, 5.74) is 0.488. The third kappa shape index (κ3) is 3.59. The lowest BCUT2D eigenvalue weighted by molar-refractivity contribution is -0.154. The first kappa shape index (κ1) is 23.0. The van der Waals surface area contributed by atoms with E-state index in [2.05, 4.69) is 28.1 Å². The second-order valence-corrected chi connectivity index (χ2v) is 11.3.